The van der Waals surface area contributed by atoms with Crippen LogP contribution in [-0.4, -0.2) is 24.2 Å². The third kappa shape index (κ3) is 5.43. The van der Waals surface area contributed by atoms with E-state index in [4.69, 9.17) is 22.1 Å². The van der Waals surface area contributed by atoms with Crippen LogP contribution in [0.1, 0.15) is 6.92 Å². The molecule has 0 amide bonds. The van der Waals surface area contributed by atoms with Gasteiger partial charge in [0.2, 0.25) is 0 Å². The second kappa shape index (κ2) is 7.43. The average molecular weight is 325 g/mol. The first-order valence-electron chi connectivity index (χ1n) is 5.01. The maximum absolute atomic E-state index is 5.83. The van der Waals surface area contributed by atoms with Crippen LogP contribution in [0.4, 0.5) is 0 Å². The van der Waals surface area contributed by atoms with Crippen molar-refractivity contribution in [1.82, 2.24) is 0 Å². The maximum Gasteiger partial charge on any atom is 0.133 e. The summed E-state index contributed by atoms with van der Waals surface area (Å²) in [5.41, 5.74) is 5.64. The molecular formula is C11H15BrClNOS. The maximum atomic E-state index is 5.83. The zero-order valence-electron chi connectivity index (χ0n) is 9.08. The summed E-state index contributed by atoms with van der Waals surface area (Å²) in [7, 11) is 0. The Morgan fingerprint density at radius 1 is 1.56 bits per heavy atom. The van der Waals surface area contributed by atoms with Gasteiger partial charge in [-0.15, -0.1) is 0 Å². The van der Waals surface area contributed by atoms with Crippen molar-refractivity contribution in [3.63, 3.8) is 0 Å². The molecule has 0 aromatic heterocycles. The second-order valence-electron chi connectivity index (χ2n) is 3.48. The Bertz CT molecular complexity index is 336. The Morgan fingerprint density at radius 2 is 2.31 bits per heavy atom. The van der Waals surface area contributed by atoms with E-state index in [0.29, 0.717) is 11.6 Å². The molecule has 0 bridgehead atoms. The zero-order valence-corrected chi connectivity index (χ0v) is 12.2. The van der Waals surface area contributed by atoms with Gasteiger partial charge in [-0.3, -0.25) is 0 Å². The number of benzene rings is 1. The Labute approximate surface area is 114 Å². The summed E-state index contributed by atoms with van der Waals surface area (Å²) in [6, 6.07) is 5.75. The van der Waals surface area contributed by atoms with Crippen LogP contribution in [-0.2, 0) is 0 Å². The minimum Gasteiger partial charge on any atom is -0.492 e. The van der Waals surface area contributed by atoms with E-state index in [-0.39, 0.29) is 6.04 Å². The first-order valence-corrected chi connectivity index (χ1v) is 7.33. The predicted octanol–water partition coefficient (Wildman–Crippen LogP) is 3.56. The van der Waals surface area contributed by atoms with Gasteiger partial charge in [0.25, 0.3) is 0 Å². The molecule has 16 heavy (non-hydrogen) atoms. The quantitative estimate of drug-likeness (QED) is 0.813. The molecule has 0 radical (unpaired) electrons. The molecule has 5 heteroatoms. The van der Waals surface area contributed by atoms with Crippen molar-refractivity contribution in [2.45, 2.75) is 13.0 Å². The van der Waals surface area contributed by atoms with E-state index in [9.17, 15) is 0 Å². The summed E-state index contributed by atoms with van der Waals surface area (Å²) in [5, 5.41) is 0.700. The topological polar surface area (TPSA) is 35.2 Å². The minimum absolute atomic E-state index is 0.243. The average Bonchev–Trinajstić information content (AvgIpc) is 2.20. The van der Waals surface area contributed by atoms with Crippen molar-refractivity contribution in [2.24, 2.45) is 5.73 Å². The molecule has 0 saturated heterocycles. The molecule has 0 aliphatic rings. The van der Waals surface area contributed by atoms with Crippen LogP contribution in [0.15, 0.2) is 22.7 Å². The van der Waals surface area contributed by atoms with Crippen molar-refractivity contribution in [3.8, 4) is 5.75 Å². The highest BCUT2D eigenvalue weighted by atomic mass is 79.9. The standard InChI is InChI=1S/C11H15BrClNOS/c1-8(14)7-16-5-4-15-11-3-2-9(13)6-10(11)12/h2-3,6,8H,4-5,7,14H2,1H3. The Kier molecular flexibility index (Phi) is 6.58. The predicted molar refractivity (Wildman–Crippen MR) is 75.6 cm³/mol. The highest BCUT2D eigenvalue weighted by Gasteiger charge is 2.01. The van der Waals surface area contributed by atoms with Gasteiger partial charge < -0.3 is 10.5 Å². The number of halogens is 2. The molecule has 2 nitrogen and oxygen atoms in total. The van der Waals surface area contributed by atoms with Crippen molar-refractivity contribution >= 4 is 39.3 Å². The van der Waals surface area contributed by atoms with Crippen LogP contribution in [0.25, 0.3) is 0 Å². The van der Waals surface area contributed by atoms with E-state index in [1.165, 1.54) is 0 Å². The van der Waals surface area contributed by atoms with Gasteiger partial charge in [0, 0.05) is 22.6 Å². The fourth-order valence-corrected chi connectivity index (χ4v) is 2.61. The van der Waals surface area contributed by atoms with E-state index < -0.39 is 0 Å². The van der Waals surface area contributed by atoms with Gasteiger partial charge in [-0.05, 0) is 41.1 Å². The molecule has 1 atom stereocenters. The highest BCUT2D eigenvalue weighted by Crippen LogP contribution is 2.27. The number of rotatable bonds is 6. The van der Waals surface area contributed by atoms with E-state index >= 15 is 0 Å². The third-order valence-corrected chi connectivity index (χ3v) is 3.83. The van der Waals surface area contributed by atoms with E-state index in [2.05, 4.69) is 15.9 Å². The first-order chi connectivity index (χ1) is 7.59. The van der Waals surface area contributed by atoms with Gasteiger partial charge in [0.05, 0.1) is 11.1 Å². The molecule has 90 valence electrons. The lowest BCUT2D eigenvalue weighted by Gasteiger charge is -2.09. The van der Waals surface area contributed by atoms with Crippen LogP contribution in [0.5, 0.6) is 5.75 Å². The van der Waals surface area contributed by atoms with E-state index in [0.717, 1.165) is 21.7 Å². The molecule has 1 unspecified atom stereocenters. The minimum atomic E-state index is 0.243. The van der Waals surface area contributed by atoms with Gasteiger partial charge in [0.1, 0.15) is 5.75 Å². The summed E-state index contributed by atoms with van der Waals surface area (Å²) in [6.45, 7) is 2.68. The lowest BCUT2D eigenvalue weighted by atomic mass is 10.3. The van der Waals surface area contributed by atoms with Crippen LogP contribution in [0.2, 0.25) is 5.02 Å². The number of nitrogens with two attached hydrogens (primary N) is 1. The van der Waals surface area contributed by atoms with Crippen molar-refractivity contribution in [1.29, 1.82) is 0 Å². The monoisotopic (exact) mass is 323 g/mol. The van der Waals surface area contributed by atoms with Crippen LogP contribution in [0.3, 0.4) is 0 Å². The molecule has 0 spiro atoms. The van der Waals surface area contributed by atoms with Gasteiger partial charge in [0.15, 0.2) is 0 Å². The van der Waals surface area contributed by atoms with Crippen LogP contribution < -0.4 is 10.5 Å². The lowest BCUT2D eigenvalue weighted by Crippen LogP contribution is -2.18. The molecule has 0 fully saturated rings. The fourth-order valence-electron chi connectivity index (χ4n) is 1.07. The normalized spacial score (nSPS) is 12.5. The number of hydrogen-bond acceptors (Lipinski definition) is 3. The molecule has 0 aliphatic heterocycles. The summed E-state index contributed by atoms with van der Waals surface area (Å²) in [5.74, 6) is 2.73. The molecule has 0 heterocycles. The molecule has 1 aromatic carbocycles. The molecule has 1 rings (SSSR count). The number of ether oxygens (including phenoxy) is 1. The SMILES string of the molecule is CC(N)CSCCOc1ccc(Cl)cc1Br. The first kappa shape index (κ1) is 14.2. The Hall–Kier alpha value is 0.1000. The van der Waals surface area contributed by atoms with Gasteiger partial charge in [-0.1, -0.05) is 11.6 Å². The molecule has 1 aromatic rings. The number of thioether (sulfide) groups is 1. The van der Waals surface area contributed by atoms with Crippen molar-refractivity contribution in [3.05, 3.63) is 27.7 Å². The van der Waals surface area contributed by atoms with Crippen LogP contribution in [0, 0.1) is 0 Å². The van der Waals surface area contributed by atoms with Crippen molar-refractivity contribution in [2.75, 3.05) is 18.1 Å². The fraction of sp³-hybridized carbons (Fsp3) is 0.455. The second-order valence-corrected chi connectivity index (χ2v) is 5.92. The Balaban J connectivity index is 2.27. The van der Waals surface area contributed by atoms with E-state index in [1.54, 1.807) is 11.8 Å². The van der Waals surface area contributed by atoms with Crippen molar-refractivity contribution < 1.29 is 4.74 Å². The van der Waals surface area contributed by atoms with Gasteiger partial charge in [-0.25, -0.2) is 0 Å². The lowest BCUT2D eigenvalue weighted by molar-refractivity contribution is 0.342. The summed E-state index contributed by atoms with van der Waals surface area (Å²) in [6.07, 6.45) is 0. The summed E-state index contributed by atoms with van der Waals surface area (Å²) >= 11 is 11.0. The zero-order chi connectivity index (χ0) is 12.0. The summed E-state index contributed by atoms with van der Waals surface area (Å²) < 4.78 is 6.49. The van der Waals surface area contributed by atoms with Gasteiger partial charge in [-0.2, -0.15) is 11.8 Å². The molecule has 2 N–H and O–H groups in total. The smallest absolute Gasteiger partial charge is 0.133 e. The number of hydrogen-bond donors (Lipinski definition) is 1. The molecule has 0 aliphatic carbocycles. The van der Waals surface area contributed by atoms with Crippen LogP contribution >= 0.6 is 39.3 Å². The molecular weight excluding hydrogens is 310 g/mol. The third-order valence-electron chi connectivity index (χ3n) is 1.76. The Morgan fingerprint density at radius 3 is 2.94 bits per heavy atom. The van der Waals surface area contributed by atoms with E-state index in [1.807, 2.05) is 25.1 Å². The highest BCUT2D eigenvalue weighted by molar-refractivity contribution is 9.10. The summed E-state index contributed by atoms with van der Waals surface area (Å²) in [4.78, 5) is 0. The largest absolute Gasteiger partial charge is 0.492 e. The molecule has 0 saturated carbocycles. The van der Waals surface area contributed by atoms with Gasteiger partial charge >= 0.3 is 0 Å².